The van der Waals surface area contributed by atoms with Crippen LogP contribution in [0.5, 0.6) is 0 Å². The topological polar surface area (TPSA) is 89.8 Å². The molecular formula is C12H17N5O2S. The van der Waals surface area contributed by atoms with Gasteiger partial charge < -0.3 is 5.32 Å². The van der Waals surface area contributed by atoms with Crippen LogP contribution in [0.3, 0.4) is 0 Å². The van der Waals surface area contributed by atoms with E-state index in [4.69, 9.17) is 0 Å². The molecule has 7 nitrogen and oxygen atoms in total. The average molecular weight is 295 g/mol. The maximum absolute atomic E-state index is 11.8. The van der Waals surface area contributed by atoms with Gasteiger partial charge in [-0.05, 0) is 20.3 Å². The Morgan fingerprint density at radius 2 is 2.15 bits per heavy atom. The lowest BCUT2D eigenvalue weighted by Crippen LogP contribution is -2.32. The normalized spacial score (nSPS) is 25.1. The standard InChI is InChI=1S/C12H17N5O2S/c1-8-15-10(13-3)9-6-14-17(11(9)16-8)12(2)4-5-20(18,19)7-12/h6H,4-5,7H2,1-3H3,(H,13,15,16). The molecule has 0 bridgehead atoms. The molecule has 0 saturated carbocycles. The minimum Gasteiger partial charge on any atom is -0.372 e. The number of aryl methyl sites for hydroxylation is 1. The predicted molar refractivity (Wildman–Crippen MR) is 76.5 cm³/mol. The number of fused-ring (bicyclic) bond motifs is 1. The molecule has 108 valence electrons. The van der Waals surface area contributed by atoms with E-state index in [1.54, 1.807) is 17.9 Å². The summed E-state index contributed by atoms with van der Waals surface area (Å²) in [7, 11) is -1.20. The first-order chi connectivity index (χ1) is 9.35. The van der Waals surface area contributed by atoms with E-state index in [1.807, 2.05) is 13.8 Å². The summed E-state index contributed by atoms with van der Waals surface area (Å²) in [6, 6.07) is 0. The van der Waals surface area contributed by atoms with Crippen LogP contribution in [0, 0.1) is 6.92 Å². The van der Waals surface area contributed by atoms with Gasteiger partial charge in [0.2, 0.25) is 0 Å². The Morgan fingerprint density at radius 3 is 2.75 bits per heavy atom. The van der Waals surface area contributed by atoms with E-state index in [-0.39, 0.29) is 11.5 Å². The van der Waals surface area contributed by atoms with Gasteiger partial charge in [-0.2, -0.15) is 5.10 Å². The van der Waals surface area contributed by atoms with E-state index < -0.39 is 15.4 Å². The maximum atomic E-state index is 11.8. The van der Waals surface area contributed by atoms with Crippen LogP contribution in [0.1, 0.15) is 19.2 Å². The third kappa shape index (κ3) is 1.94. The molecular weight excluding hydrogens is 278 g/mol. The molecule has 0 radical (unpaired) electrons. The zero-order valence-electron chi connectivity index (χ0n) is 11.7. The summed E-state index contributed by atoms with van der Waals surface area (Å²) in [6.45, 7) is 3.73. The average Bonchev–Trinajstić information content (AvgIpc) is 2.90. The van der Waals surface area contributed by atoms with Gasteiger partial charge in [0, 0.05) is 7.05 Å². The molecule has 1 aliphatic heterocycles. The quantitative estimate of drug-likeness (QED) is 0.877. The van der Waals surface area contributed by atoms with Crippen molar-refractivity contribution in [3.63, 3.8) is 0 Å². The minimum atomic E-state index is -2.99. The fourth-order valence-corrected chi connectivity index (χ4v) is 4.87. The second-order valence-electron chi connectivity index (χ2n) is 5.50. The molecule has 1 saturated heterocycles. The second-order valence-corrected chi connectivity index (χ2v) is 7.69. The van der Waals surface area contributed by atoms with Gasteiger partial charge in [0.25, 0.3) is 0 Å². The first-order valence-electron chi connectivity index (χ1n) is 6.46. The molecule has 3 heterocycles. The summed E-state index contributed by atoms with van der Waals surface area (Å²) in [6.07, 6.45) is 2.25. The molecule has 2 aromatic rings. The van der Waals surface area contributed by atoms with Crippen molar-refractivity contribution in [3.8, 4) is 0 Å². The highest BCUT2D eigenvalue weighted by Crippen LogP contribution is 2.33. The van der Waals surface area contributed by atoms with Gasteiger partial charge in [-0.25, -0.2) is 23.1 Å². The Hall–Kier alpha value is -1.70. The van der Waals surface area contributed by atoms with Crippen molar-refractivity contribution in [1.29, 1.82) is 0 Å². The van der Waals surface area contributed by atoms with Crippen LogP contribution in [-0.4, -0.2) is 46.7 Å². The van der Waals surface area contributed by atoms with Crippen LogP contribution in [0.25, 0.3) is 11.0 Å². The van der Waals surface area contributed by atoms with Gasteiger partial charge in [0.1, 0.15) is 11.6 Å². The number of hydrogen-bond acceptors (Lipinski definition) is 6. The molecule has 1 aliphatic rings. The number of aromatic nitrogens is 4. The maximum Gasteiger partial charge on any atom is 0.164 e. The number of nitrogens with zero attached hydrogens (tertiary/aromatic N) is 4. The van der Waals surface area contributed by atoms with Gasteiger partial charge in [0.15, 0.2) is 15.5 Å². The Labute approximate surface area is 117 Å². The van der Waals surface area contributed by atoms with Crippen LogP contribution in [0.15, 0.2) is 6.20 Å². The Morgan fingerprint density at radius 1 is 1.40 bits per heavy atom. The SMILES string of the molecule is CNc1nc(C)nc2c1cnn2C1(C)CCS(=O)(=O)C1. The smallest absolute Gasteiger partial charge is 0.164 e. The molecule has 8 heteroatoms. The molecule has 0 aliphatic carbocycles. The third-order valence-corrected chi connectivity index (χ3v) is 5.66. The highest BCUT2D eigenvalue weighted by Gasteiger charge is 2.41. The van der Waals surface area contributed by atoms with E-state index in [0.29, 0.717) is 23.7 Å². The summed E-state index contributed by atoms with van der Waals surface area (Å²) in [5, 5.41) is 8.20. The fraction of sp³-hybridized carbons (Fsp3) is 0.583. The van der Waals surface area contributed by atoms with Crippen molar-refractivity contribution in [2.45, 2.75) is 25.8 Å². The van der Waals surface area contributed by atoms with Crippen LogP contribution in [0.2, 0.25) is 0 Å². The third-order valence-electron chi connectivity index (χ3n) is 3.77. The summed E-state index contributed by atoms with van der Waals surface area (Å²) in [5.41, 5.74) is 0.147. The lowest BCUT2D eigenvalue weighted by molar-refractivity contribution is 0.338. The van der Waals surface area contributed by atoms with Crippen LogP contribution in [-0.2, 0) is 15.4 Å². The Kier molecular flexibility index (Phi) is 2.75. The Balaban J connectivity index is 2.21. The van der Waals surface area contributed by atoms with Gasteiger partial charge in [-0.1, -0.05) is 0 Å². The van der Waals surface area contributed by atoms with E-state index in [0.717, 1.165) is 5.39 Å². The van der Waals surface area contributed by atoms with Crippen molar-refractivity contribution >= 4 is 26.7 Å². The van der Waals surface area contributed by atoms with Crippen molar-refractivity contribution in [3.05, 3.63) is 12.0 Å². The number of sulfone groups is 1. The zero-order chi connectivity index (χ0) is 14.5. The van der Waals surface area contributed by atoms with Crippen molar-refractivity contribution < 1.29 is 8.42 Å². The van der Waals surface area contributed by atoms with Gasteiger partial charge in [-0.3, -0.25) is 0 Å². The molecule has 0 amide bonds. The summed E-state index contributed by atoms with van der Waals surface area (Å²) < 4.78 is 25.3. The molecule has 1 fully saturated rings. The molecule has 20 heavy (non-hydrogen) atoms. The second kappa shape index (κ2) is 4.15. The monoisotopic (exact) mass is 295 g/mol. The van der Waals surface area contributed by atoms with Crippen LogP contribution in [0.4, 0.5) is 5.82 Å². The van der Waals surface area contributed by atoms with Crippen LogP contribution < -0.4 is 5.32 Å². The lowest BCUT2D eigenvalue weighted by Gasteiger charge is -2.23. The number of nitrogens with one attached hydrogen (secondary N) is 1. The first kappa shape index (κ1) is 13.3. The van der Waals surface area contributed by atoms with Crippen molar-refractivity contribution in [2.24, 2.45) is 0 Å². The van der Waals surface area contributed by atoms with Gasteiger partial charge >= 0.3 is 0 Å². The number of rotatable bonds is 2. The molecule has 2 aromatic heterocycles. The van der Waals surface area contributed by atoms with Crippen molar-refractivity contribution in [2.75, 3.05) is 23.9 Å². The highest BCUT2D eigenvalue weighted by atomic mass is 32.2. The Bertz CT molecular complexity index is 782. The van der Waals surface area contributed by atoms with Gasteiger partial charge in [0.05, 0.1) is 28.6 Å². The molecule has 1 unspecified atom stereocenters. The molecule has 1 atom stereocenters. The van der Waals surface area contributed by atoms with E-state index in [2.05, 4.69) is 20.4 Å². The number of hydrogen-bond donors (Lipinski definition) is 1. The predicted octanol–water partition coefficient (Wildman–Crippen LogP) is 0.710. The van der Waals surface area contributed by atoms with E-state index in [9.17, 15) is 8.42 Å². The zero-order valence-corrected chi connectivity index (χ0v) is 12.5. The van der Waals surface area contributed by atoms with E-state index in [1.165, 1.54) is 0 Å². The fourth-order valence-electron chi connectivity index (χ4n) is 2.76. The van der Waals surface area contributed by atoms with Crippen molar-refractivity contribution in [1.82, 2.24) is 19.7 Å². The summed E-state index contributed by atoms with van der Waals surface area (Å²) >= 11 is 0. The molecule has 0 spiro atoms. The summed E-state index contributed by atoms with van der Waals surface area (Å²) in [4.78, 5) is 8.75. The molecule has 1 N–H and O–H groups in total. The van der Waals surface area contributed by atoms with E-state index >= 15 is 0 Å². The largest absolute Gasteiger partial charge is 0.372 e. The molecule has 3 rings (SSSR count). The minimum absolute atomic E-state index is 0.106. The first-order valence-corrected chi connectivity index (χ1v) is 8.28. The molecule has 0 aromatic carbocycles. The van der Waals surface area contributed by atoms with Gasteiger partial charge in [-0.15, -0.1) is 0 Å². The highest BCUT2D eigenvalue weighted by molar-refractivity contribution is 7.91. The summed E-state index contributed by atoms with van der Waals surface area (Å²) in [5.74, 6) is 1.65. The van der Waals surface area contributed by atoms with Crippen LogP contribution >= 0.6 is 0 Å². The number of anilines is 1. The lowest BCUT2D eigenvalue weighted by atomic mass is 10.0.